The van der Waals surface area contributed by atoms with Crippen LogP contribution in [0.3, 0.4) is 0 Å². The molecule has 2 aliphatic rings. The number of ether oxygens (including phenoxy) is 2. The van der Waals surface area contributed by atoms with Crippen LogP contribution in [0.15, 0.2) is 36.4 Å². The van der Waals surface area contributed by atoms with Crippen molar-refractivity contribution in [1.29, 1.82) is 0 Å². The summed E-state index contributed by atoms with van der Waals surface area (Å²) in [4.78, 5) is 35.8. The number of nitrogens with one attached hydrogen (secondary N) is 2. The minimum atomic E-state index is -0.799. The van der Waals surface area contributed by atoms with Gasteiger partial charge in [0.25, 0.3) is 11.8 Å². The number of carbonyl (C=O) groups is 3. The highest BCUT2D eigenvalue weighted by Gasteiger charge is 2.27. The van der Waals surface area contributed by atoms with Crippen LogP contribution >= 0.6 is 11.6 Å². The number of carboxylic acids is 1. The van der Waals surface area contributed by atoms with Crippen molar-refractivity contribution in [3.63, 3.8) is 0 Å². The summed E-state index contributed by atoms with van der Waals surface area (Å²) in [7, 11) is 0. The quantitative estimate of drug-likeness (QED) is 0.368. The molecule has 4 rings (SSSR count). The fourth-order valence-electron chi connectivity index (χ4n) is 4.17. The van der Waals surface area contributed by atoms with Gasteiger partial charge in [0.1, 0.15) is 17.3 Å². The Hall–Kier alpha value is -3.33. The molecule has 0 heterocycles. The number of amides is 2. The van der Waals surface area contributed by atoms with E-state index < -0.39 is 17.7 Å². The Kier molecular flexibility index (Phi) is 8.87. The summed E-state index contributed by atoms with van der Waals surface area (Å²) in [6.07, 6.45) is 4.35. The number of hydrogen-bond donors (Lipinski definition) is 3. The van der Waals surface area contributed by atoms with Gasteiger partial charge in [0, 0.05) is 24.7 Å². The third-order valence-corrected chi connectivity index (χ3v) is 6.87. The van der Waals surface area contributed by atoms with Gasteiger partial charge in [0.15, 0.2) is 0 Å². The molecule has 0 bridgehead atoms. The van der Waals surface area contributed by atoms with Crippen molar-refractivity contribution in [3.05, 3.63) is 58.4 Å². The van der Waals surface area contributed by atoms with E-state index in [0.29, 0.717) is 60.3 Å². The molecule has 8 nitrogen and oxygen atoms in total. The fourth-order valence-corrected chi connectivity index (χ4v) is 4.41. The number of rotatable bonds is 11. The molecule has 0 atom stereocenters. The van der Waals surface area contributed by atoms with Crippen molar-refractivity contribution in [1.82, 2.24) is 10.6 Å². The van der Waals surface area contributed by atoms with Gasteiger partial charge in [-0.3, -0.25) is 14.4 Å². The van der Waals surface area contributed by atoms with E-state index in [-0.39, 0.29) is 36.6 Å². The Labute approximate surface area is 219 Å². The van der Waals surface area contributed by atoms with Gasteiger partial charge in [0.05, 0.1) is 29.2 Å². The van der Waals surface area contributed by atoms with Gasteiger partial charge in [-0.05, 0) is 74.8 Å². The van der Waals surface area contributed by atoms with E-state index in [4.69, 9.17) is 26.2 Å². The maximum Gasteiger partial charge on any atom is 0.306 e. The van der Waals surface area contributed by atoms with Crippen LogP contribution in [0, 0.1) is 17.7 Å². The number of carbonyl (C=O) groups excluding carboxylic acids is 2. The molecule has 10 heteroatoms. The molecule has 2 aromatic carbocycles. The first-order valence-corrected chi connectivity index (χ1v) is 12.9. The summed E-state index contributed by atoms with van der Waals surface area (Å²) < 4.78 is 26.0. The minimum absolute atomic E-state index is 0.103. The molecule has 0 radical (unpaired) electrons. The normalized spacial score (nSPS) is 19.1. The zero-order valence-corrected chi connectivity index (χ0v) is 21.1. The van der Waals surface area contributed by atoms with E-state index in [0.717, 1.165) is 6.07 Å². The standard InChI is InChI=1S/C27H30ClFN2O6/c28-22-13-18(5-10-24(22)36-15-16-1-2-16)25(32)30-11-12-31-26(33)21-9-8-20(14-23(21)29)37-19-6-3-17(4-7-19)27(34)35/h5,8-10,13-14,16-17,19H,1-4,6-7,11-12,15H2,(H,30,32)(H,31,33)(H,34,35). The number of hydrogen-bond acceptors (Lipinski definition) is 5. The Morgan fingerprint density at radius 2 is 1.65 bits per heavy atom. The molecule has 0 saturated heterocycles. The Bertz CT molecular complexity index is 1150. The van der Waals surface area contributed by atoms with Crippen LogP contribution in [0.5, 0.6) is 11.5 Å². The SMILES string of the molecule is O=C(NCCNC(=O)c1ccc(OC2CCC(C(=O)O)CC2)cc1F)c1ccc(OCC2CC2)c(Cl)c1. The monoisotopic (exact) mass is 532 g/mol. The van der Waals surface area contributed by atoms with Gasteiger partial charge in [-0.15, -0.1) is 0 Å². The molecule has 0 spiro atoms. The smallest absolute Gasteiger partial charge is 0.306 e. The molecule has 0 aromatic heterocycles. The molecule has 198 valence electrons. The summed E-state index contributed by atoms with van der Waals surface area (Å²) in [6.45, 7) is 0.867. The van der Waals surface area contributed by atoms with Crippen LogP contribution in [-0.4, -0.2) is 48.7 Å². The second kappa shape index (κ2) is 12.3. The Morgan fingerprint density at radius 1 is 0.946 bits per heavy atom. The molecule has 2 aromatic rings. The average molecular weight is 533 g/mol. The Balaban J connectivity index is 1.19. The van der Waals surface area contributed by atoms with Gasteiger partial charge >= 0.3 is 5.97 Å². The van der Waals surface area contributed by atoms with Gasteiger partial charge in [-0.2, -0.15) is 0 Å². The molecule has 2 aliphatic carbocycles. The van der Waals surface area contributed by atoms with Crippen LogP contribution in [-0.2, 0) is 4.79 Å². The third kappa shape index (κ3) is 7.58. The molecule has 0 aliphatic heterocycles. The van der Waals surface area contributed by atoms with Gasteiger partial charge in [-0.1, -0.05) is 11.6 Å². The highest BCUT2D eigenvalue weighted by molar-refractivity contribution is 6.32. The lowest BCUT2D eigenvalue weighted by Crippen LogP contribution is -2.35. The van der Waals surface area contributed by atoms with Crippen LogP contribution < -0.4 is 20.1 Å². The lowest BCUT2D eigenvalue weighted by Gasteiger charge is -2.26. The second-order valence-corrected chi connectivity index (χ2v) is 9.89. The Morgan fingerprint density at radius 3 is 2.27 bits per heavy atom. The first-order valence-electron chi connectivity index (χ1n) is 12.5. The molecule has 2 saturated carbocycles. The highest BCUT2D eigenvalue weighted by atomic mass is 35.5. The zero-order chi connectivity index (χ0) is 26.4. The number of aliphatic carboxylic acids is 1. The van der Waals surface area contributed by atoms with Gasteiger partial charge in [0.2, 0.25) is 0 Å². The van der Waals surface area contributed by atoms with Crippen molar-refractivity contribution in [3.8, 4) is 11.5 Å². The van der Waals surface area contributed by atoms with Crippen molar-refractivity contribution in [2.24, 2.45) is 11.8 Å². The zero-order valence-electron chi connectivity index (χ0n) is 20.3. The maximum absolute atomic E-state index is 14.5. The number of benzene rings is 2. The van der Waals surface area contributed by atoms with E-state index in [1.807, 2.05) is 0 Å². The summed E-state index contributed by atoms with van der Waals surface area (Å²) in [5.41, 5.74) is 0.231. The fraction of sp³-hybridized carbons (Fsp3) is 0.444. The first kappa shape index (κ1) is 26.7. The second-order valence-electron chi connectivity index (χ2n) is 9.48. The summed E-state index contributed by atoms with van der Waals surface area (Å²) in [5, 5.41) is 14.7. The highest BCUT2D eigenvalue weighted by Crippen LogP contribution is 2.32. The maximum atomic E-state index is 14.5. The minimum Gasteiger partial charge on any atom is -0.492 e. The number of carboxylic acid groups (broad SMARTS) is 1. The summed E-state index contributed by atoms with van der Waals surface area (Å²) >= 11 is 6.22. The lowest BCUT2D eigenvalue weighted by molar-refractivity contribution is -0.143. The van der Waals surface area contributed by atoms with Crippen LogP contribution in [0.4, 0.5) is 4.39 Å². The van der Waals surface area contributed by atoms with Gasteiger partial charge < -0.3 is 25.2 Å². The molecule has 2 amide bonds. The molecule has 3 N–H and O–H groups in total. The molecule has 2 fully saturated rings. The summed E-state index contributed by atoms with van der Waals surface area (Å²) in [5.74, 6) is -1.42. The van der Waals surface area contributed by atoms with Crippen LogP contribution in [0.2, 0.25) is 5.02 Å². The van der Waals surface area contributed by atoms with Crippen LogP contribution in [0.25, 0.3) is 0 Å². The number of halogens is 2. The van der Waals surface area contributed by atoms with E-state index >= 15 is 0 Å². The van der Waals surface area contributed by atoms with E-state index in [1.165, 1.54) is 31.0 Å². The van der Waals surface area contributed by atoms with Gasteiger partial charge in [-0.25, -0.2) is 4.39 Å². The average Bonchev–Trinajstić information content (AvgIpc) is 3.70. The van der Waals surface area contributed by atoms with Crippen molar-refractivity contribution in [2.45, 2.75) is 44.6 Å². The topological polar surface area (TPSA) is 114 Å². The first-order chi connectivity index (χ1) is 17.8. The predicted octanol–water partition coefficient (Wildman–Crippen LogP) is 4.45. The molecule has 0 unspecified atom stereocenters. The summed E-state index contributed by atoms with van der Waals surface area (Å²) in [6, 6.07) is 8.84. The molecular formula is C27H30ClFN2O6. The van der Waals surface area contributed by atoms with Crippen molar-refractivity contribution >= 4 is 29.4 Å². The van der Waals surface area contributed by atoms with Crippen molar-refractivity contribution in [2.75, 3.05) is 19.7 Å². The third-order valence-electron chi connectivity index (χ3n) is 6.57. The predicted molar refractivity (Wildman–Crippen MR) is 135 cm³/mol. The van der Waals surface area contributed by atoms with E-state index in [9.17, 15) is 18.8 Å². The van der Waals surface area contributed by atoms with E-state index in [1.54, 1.807) is 12.1 Å². The van der Waals surface area contributed by atoms with Crippen molar-refractivity contribution < 1.29 is 33.4 Å². The molecule has 37 heavy (non-hydrogen) atoms. The molecular weight excluding hydrogens is 503 g/mol. The largest absolute Gasteiger partial charge is 0.492 e. The lowest BCUT2D eigenvalue weighted by atomic mass is 9.87. The van der Waals surface area contributed by atoms with Crippen LogP contribution in [0.1, 0.15) is 59.2 Å². The van der Waals surface area contributed by atoms with E-state index in [2.05, 4.69) is 10.6 Å².